The number of benzene rings is 1. The molecule has 0 aliphatic carbocycles. The Labute approximate surface area is 146 Å². The molecule has 6 nitrogen and oxygen atoms in total. The summed E-state index contributed by atoms with van der Waals surface area (Å²) in [7, 11) is 1.89. The zero-order valence-electron chi connectivity index (χ0n) is 14.5. The molecule has 0 bridgehead atoms. The molecule has 1 N–H and O–H groups in total. The van der Waals surface area contributed by atoms with Gasteiger partial charge < -0.3 is 15.0 Å². The van der Waals surface area contributed by atoms with Crippen molar-refractivity contribution in [3.63, 3.8) is 0 Å². The lowest BCUT2D eigenvalue weighted by Gasteiger charge is -2.34. The van der Waals surface area contributed by atoms with E-state index in [9.17, 15) is 9.18 Å². The van der Waals surface area contributed by atoms with Gasteiger partial charge in [0.05, 0.1) is 11.9 Å². The Hall–Kier alpha value is -2.57. The Balaban J connectivity index is 1.54. The van der Waals surface area contributed by atoms with Crippen LogP contribution in [0.1, 0.15) is 19.8 Å². The zero-order chi connectivity index (χ0) is 17.8. The van der Waals surface area contributed by atoms with Gasteiger partial charge >= 0.3 is 0 Å². The molecular formula is C18H23FN4O2. The Morgan fingerprint density at radius 1 is 1.48 bits per heavy atom. The van der Waals surface area contributed by atoms with E-state index in [4.69, 9.17) is 4.74 Å². The van der Waals surface area contributed by atoms with Gasteiger partial charge in [0.2, 0.25) is 0 Å². The van der Waals surface area contributed by atoms with Crippen LogP contribution in [0.4, 0.5) is 10.1 Å². The van der Waals surface area contributed by atoms with Gasteiger partial charge in [-0.25, -0.2) is 4.39 Å². The van der Waals surface area contributed by atoms with Gasteiger partial charge in [0.1, 0.15) is 11.6 Å². The second-order valence-electron chi connectivity index (χ2n) is 6.38. The number of aromatic nitrogens is 2. The van der Waals surface area contributed by atoms with Crippen LogP contribution in [0, 0.1) is 5.82 Å². The molecule has 0 unspecified atom stereocenters. The number of carbonyl (C=O) groups excluding carboxylic acids is 1. The highest BCUT2D eigenvalue weighted by molar-refractivity contribution is 5.81. The molecule has 0 saturated carbocycles. The standard InChI is InChI=1S/C18H23FN4O2/c1-13(25-17-7-3-5-14(19)9-17)18(24)21-15-6-4-8-23(11-15)16-10-20-22(2)12-16/h3,5,7,9-10,12-13,15H,4,6,8,11H2,1-2H3,(H,21,24)/t13-,15+/m1/s1. The van der Waals surface area contributed by atoms with Crippen LogP contribution in [0.5, 0.6) is 5.75 Å². The molecule has 1 aliphatic rings. The van der Waals surface area contributed by atoms with E-state index in [1.165, 1.54) is 12.1 Å². The maximum Gasteiger partial charge on any atom is 0.261 e. The number of hydrogen-bond acceptors (Lipinski definition) is 4. The van der Waals surface area contributed by atoms with E-state index in [-0.39, 0.29) is 17.8 Å². The lowest BCUT2D eigenvalue weighted by Crippen LogP contribution is -2.50. The molecule has 134 valence electrons. The minimum absolute atomic E-state index is 0.0556. The number of carbonyl (C=O) groups is 1. The summed E-state index contributed by atoms with van der Waals surface area (Å²) in [6.07, 6.45) is 5.05. The number of nitrogens with one attached hydrogen (secondary N) is 1. The first kappa shape index (κ1) is 17.3. The first-order chi connectivity index (χ1) is 12.0. The van der Waals surface area contributed by atoms with Crippen molar-refractivity contribution in [2.75, 3.05) is 18.0 Å². The fraction of sp³-hybridized carbons (Fsp3) is 0.444. The van der Waals surface area contributed by atoms with Crippen LogP contribution in [0.15, 0.2) is 36.7 Å². The van der Waals surface area contributed by atoms with Crippen molar-refractivity contribution in [2.24, 2.45) is 7.05 Å². The molecule has 3 rings (SSSR count). The summed E-state index contributed by atoms with van der Waals surface area (Å²) in [5.41, 5.74) is 1.06. The number of nitrogens with zero attached hydrogens (tertiary/aromatic N) is 3. The van der Waals surface area contributed by atoms with Gasteiger partial charge in [-0.15, -0.1) is 0 Å². The van der Waals surface area contributed by atoms with Crippen LogP contribution < -0.4 is 15.0 Å². The van der Waals surface area contributed by atoms with Gasteiger partial charge in [0.15, 0.2) is 6.10 Å². The number of aryl methyl sites for hydroxylation is 1. The van der Waals surface area contributed by atoms with Gasteiger partial charge in [-0.2, -0.15) is 5.10 Å². The monoisotopic (exact) mass is 346 g/mol. The van der Waals surface area contributed by atoms with Gasteiger partial charge in [0, 0.05) is 38.4 Å². The highest BCUT2D eigenvalue weighted by Gasteiger charge is 2.25. The number of halogens is 1. The van der Waals surface area contributed by atoms with Crippen LogP contribution in [-0.4, -0.2) is 40.9 Å². The molecule has 1 amide bonds. The SMILES string of the molecule is C[C@@H](Oc1cccc(F)c1)C(=O)N[C@H]1CCCN(c2cnn(C)c2)C1. The van der Waals surface area contributed by atoms with Crippen LogP contribution >= 0.6 is 0 Å². The van der Waals surface area contributed by atoms with Gasteiger partial charge in [-0.05, 0) is 31.9 Å². The number of ether oxygens (including phenoxy) is 1. The molecule has 7 heteroatoms. The molecule has 2 aromatic rings. The van der Waals surface area contributed by atoms with E-state index in [0.29, 0.717) is 5.75 Å². The Bertz CT molecular complexity index is 733. The van der Waals surface area contributed by atoms with E-state index in [2.05, 4.69) is 15.3 Å². The number of amides is 1. The van der Waals surface area contributed by atoms with Gasteiger partial charge in [-0.3, -0.25) is 9.48 Å². The maximum atomic E-state index is 13.2. The Morgan fingerprint density at radius 2 is 2.32 bits per heavy atom. The van der Waals surface area contributed by atoms with Crippen molar-refractivity contribution in [3.05, 3.63) is 42.5 Å². The number of anilines is 1. The third-order valence-corrected chi connectivity index (χ3v) is 4.30. The van der Waals surface area contributed by atoms with Crippen molar-refractivity contribution in [1.29, 1.82) is 0 Å². The van der Waals surface area contributed by atoms with E-state index in [1.807, 2.05) is 19.4 Å². The molecule has 0 spiro atoms. The quantitative estimate of drug-likeness (QED) is 0.901. The molecule has 25 heavy (non-hydrogen) atoms. The number of hydrogen-bond donors (Lipinski definition) is 1. The summed E-state index contributed by atoms with van der Waals surface area (Å²) in [5.74, 6) is -0.227. The predicted molar refractivity (Wildman–Crippen MR) is 93.1 cm³/mol. The topological polar surface area (TPSA) is 59.4 Å². The summed E-state index contributed by atoms with van der Waals surface area (Å²) in [6, 6.07) is 5.86. The molecule has 1 fully saturated rings. The fourth-order valence-corrected chi connectivity index (χ4v) is 3.02. The van der Waals surface area contributed by atoms with Crippen LogP contribution in [0.25, 0.3) is 0 Å². The molecule has 1 aromatic carbocycles. The average Bonchev–Trinajstić information content (AvgIpc) is 3.01. The smallest absolute Gasteiger partial charge is 0.261 e. The van der Waals surface area contributed by atoms with Gasteiger partial charge in [-0.1, -0.05) is 6.07 Å². The Kier molecular flexibility index (Phi) is 5.21. The predicted octanol–water partition coefficient (Wildman–Crippen LogP) is 2.11. The van der Waals surface area contributed by atoms with Crippen molar-refractivity contribution < 1.29 is 13.9 Å². The molecule has 2 atom stereocenters. The third kappa shape index (κ3) is 4.49. The van der Waals surface area contributed by atoms with Crippen LogP contribution in [-0.2, 0) is 11.8 Å². The summed E-state index contributed by atoms with van der Waals surface area (Å²) in [6.45, 7) is 3.36. The molecule has 0 radical (unpaired) electrons. The van der Waals surface area contributed by atoms with Crippen molar-refractivity contribution in [1.82, 2.24) is 15.1 Å². The number of piperidine rings is 1. The molecule has 1 aromatic heterocycles. The molecule has 2 heterocycles. The van der Waals surface area contributed by atoms with E-state index >= 15 is 0 Å². The summed E-state index contributed by atoms with van der Waals surface area (Å²) in [5, 5.41) is 7.23. The zero-order valence-corrected chi connectivity index (χ0v) is 14.5. The molecule has 1 saturated heterocycles. The second kappa shape index (κ2) is 7.55. The largest absolute Gasteiger partial charge is 0.481 e. The van der Waals surface area contributed by atoms with Crippen LogP contribution in [0.3, 0.4) is 0 Å². The molecule has 1 aliphatic heterocycles. The van der Waals surface area contributed by atoms with Gasteiger partial charge in [0.25, 0.3) is 5.91 Å². The van der Waals surface area contributed by atoms with E-state index < -0.39 is 6.10 Å². The first-order valence-electron chi connectivity index (χ1n) is 8.47. The summed E-state index contributed by atoms with van der Waals surface area (Å²) in [4.78, 5) is 14.6. The van der Waals surface area contributed by atoms with Crippen molar-refractivity contribution in [2.45, 2.75) is 31.9 Å². The summed E-state index contributed by atoms with van der Waals surface area (Å²) >= 11 is 0. The highest BCUT2D eigenvalue weighted by atomic mass is 19.1. The third-order valence-electron chi connectivity index (χ3n) is 4.30. The Morgan fingerprint density at radius 3 is 3.04 bits per heavy atom. The first-order valence-corrected chi connectivity index (χ1v) is 8.47. The average molecular weight is 346 g/mol. The highest BCUT2D eigenvalue weighted by Crippen LogP contribution is 2.19. The minimum Gasteiger partial charge on any atom is -0.481 e. The lowest BCUT2D eigenvalue weighted by molar-refractivity contribution is -0.128. The lowest BCUT2D eigenvalue weighted by atomic mass is 10.1. The second-order valence-corrected chi connectivity index (χ2v) is 6.38. The maximum absolute atomic E-state index is 13.2. The van der Waals surface area contributed by atoms with Crippen molar-refractivity contribution >= 4 is 11.6 Å². The van der Waals surface area contributed by atoms with E-state index in [0.717, 1.165) is 31.6 Å². The summed E-state index contributed by atoms with van der Waals surface area (Å²) < 4.78 is 20.5. The minimum atomic E-state index is -0.685. The molecular weight excluding hydrogens is 323 g/mol. The van der Waals surface area contributed by atoms with E-state index in [1.54, 1.807) is 23.7 Å². The fourth-order valence-electron chi connectivity index (χ4n) is 3.02. The van der Waals surface area contributed by atoms with Crippen LogP contribution in [0.2, 0.25) is 0 Å². The number of rotatable bonds is 5. The normalized spacial score (nSPS) is 18.7. The van der Waals surface area contributed by atoms with Crippen molar-refractivity contribution in [3.8, 4) is 5.75 Å².